The van der Waals surface area contributed by atoms with Crippen molar-refractivity contribution in [1.82, 2.24) is 9.62 Å². The molecular formula is C47H60N4O10S. The molecule has 4 N–H and O–H groups in total. The van der Waals surface area contributed by atoms with Crippen molar-refractivity contribution in [2.24, 2.45) is 22.9 Å². The molecular weight excluding hydrogens is 813 g/mol. The van der Waals surface area contributed by atoms with E-state index in [9.17, 15) is 19.8 Å². The lowest BCUT2D eigenvalue weighted by molar-refractivity contribution is -0.251. The van der Waals surface area contributed by atoms with Gasteiger partial charge in [-0.15, -0.1) is 6.58 Å². The van der Waals surface area contributed by atoms with Gasteiger partial charge in [-0.1, -0.05) is 67.4 Å². The van der Waals surface area contributed by atoms with Crippen LogP contribution in [0.2, 0.25) is 0 Å². The molecule has 0 radical (unpaired) electrons. The minimum absolute atomic E-state index is 0.0190. The molecule has 0 saturated heterocycles. The summed E-state index contributed by atoms with van der Waals surface area (Å²) in [6.07, 6.45) is 7.88. The van der Waals surface area contributed by atoms with Crippen molar-refractivity contribution in [2.75, 3.05) is 38.8 Å². The molecule has 6 atom stereocenters. The molecule has 334 valence electrons. The fourth-order valence-electron chi connectivity index (χ4n) is 9.42. The molecule has 0 bridgehead atoms. The average Bonchev–Trinajstić information content (AvgIpc) is 3.26. The van der Waals surface area contributed by atoms with Gasteiger partial charge in [0.15, 0.2) is 0 Å². The topological polar surface area (TPSA) is 185 Å². The molecule has 3 aromatic rings. The van der Waals surface area contributed by atoms with Crippen LogP contribution in [0.3, 0.4) is 0 Å². The number of allylic oxidation sites excluding steroid dienone is 1. The SMILES string of the molecule is C=CCOC12Oc3ccc(OC(=O)NCc4ccccc4)cc3C3C(CCCCO)C(CCCCO)C=C(C(=NOC)CC1N(CCC)S(=O)(=O)c1ccc(NC(C)=O)cc1)C32. The first-order chi connectivity index (χ1) is 30.0. The van der Waals surface area contributed by atoms with Crippen molar-refractivity contribution >= 4 is 33.4 Å². The van der Waals surface area contributed by atoms with Crippen LogP contribution < -0.4 is 20.1 Å². The Kier molecular flexibility index (Phi) is 16.0. The molecule has 3 aromatic carbocycles. The van der Waals surface area contributed by atoms with E-state index in [0.29, 0.717) is 55.0 Å². The molecule has 1 saturated carbocycles. The average molecular weight is 873 g/mol. The largest absolute Gasteiger partial charge is 0.460 e. The number of aliphatic hydroxyl groups is 2. The summed E-state index contributed by atoms with van der Waals surface area (Å²) in [5.41, 5.74) is 3.52. The number of hydrogen-bond acceptors (Lipinski definition) is 11. The monoisotopic (exact) mass is 872 g/mol. The van der Waals surface area contributed by atoms with E-state index < -0.39 is 33.9 Å². The maximum atomic E-state index is 15.1. The van der Waals surface area contributed by atoms with Gasteiger partial charge in [0.2, 0.25) is 21.7 Å². The van der Waals surface area contributed by atoms with E-state index in [1.807, 2.05) is 43.3 Å². The number of nitrogens with one attached hydrogen (secondary N) is 2. The Morgan fingerprint density at radius 1 is 1.02 bits per heavy atom. The molecule has 1 aliphatic heterocycles. The Balaban J connectivity index is 1.53. The summed E-state index contributed by atoms with van der Waals surface area (Å²) in [5, 5.41) is 29.9. The van der Waals surface area contributed by atoms with Gasteiger partial charge in [-0.25, -0.2) is 13.2 Å². The quantitative estimate of drug-likeness (QED) is 0.0481. The molecule has 6 rings (SSSR count). The van der Waals surface area contributed by atoms with Crippen LogP contribution >= 0.6 is 0 Å². The first kappa shape index (κ1) is 46.4. The van der Waals surface area contributed by atoms with Crippen LogP contribution in [0.25, 0.3) is 0 Å². The summed E-state index contributed by atoms with van der Waals surface area (Å²) in [7, 11) is -2.80. The molecule has 62 heavy (non-hydrogen) atoms. The predicted molar refractivity (Wildman–Crippen MR) is 236 cm³/mol. The molecule has 15 heteroatoms. The van der Waals surface area contributed by atoms with Gasteiger partial charge in [-0.3, -0.25) is 4.79 Å². The summed E-state index contributed by atoms with van der Waals surface area (Å²) < 4.78 is 51.6. The number of carbonyl (C=O) groups excluding carboxylic acids is 2. The van der Waals surface area contributed by atoms with Crippen molar-refractivity contribution in [3.63, 3.8) is 0 Å². The zero-order valence-electron chi connectivity index (χ0n) is 35.8. The van der Waals surface area contributed by atoms with Gasteiger partial charge in [0.1, 0.15) is 18.6 Å². The van der Waals surface area contributed by atoms with Crippen LogP contribution in [0.1, 0.15) is 82.3 Å². The zero-order valence-corrected chi connectivity index (χ0v) is 36.6. The number of benzene rings is 3. The van der Waals surface area contributed by atoms with Gasteiger partial charge in [0.25, 0.3) is 0 Å². The number of carbonyl (C=O) groups is 2. The minimum Gasteiger partial charge on any atom is -0.460 e. The van der Waals surface area contributed by atoms with Crippen molar-refractivity contribution < 1.29 is 47.3 Å². The number of sulfonamides is 1. The number of fused-ring (bicyclic) bond motifs is 2. The van der Waals surface area contributed by atoms with E-state index in [1.54, 1.807) is 30.3 Å². The third-order valence-corrected chi connectivity index (χ3v) is 13.8. The molecule has 2 aliphatic carbocycles. The number of oxime groups is 1. The predicted octanol–water partition coefficient (Wildman–Crippen LogP) is 7.30. The number of unbranched alkanes of at least 4 members (excludes halogenated alkanes) is 2. The smallest absolute Gasteiger partial charge is 0.412 e. The summed E-state index contributed by atoms with van der Waals surface area (Å²) in [4.78, 5) is 30.5. The number of rotatable bonds is 21. The fourth-order valence-corrected chi connectivity index (χ4v) is 11.2. The van der Waals surface area contributed by atoms with E-state index >= 15 is 8.42 Å². The van der Waals surface area contributed by atoms with Gasteiger partial charge in [-0.2, -0.15) is 4.31 Å². The molecule has 14 nitrogen and oxygen atoms in total. The Bertz CT molecular complexity index is 2180. The fraction of sp³-hybridized carbons (Fsp3) is 0.468. The van der Waals surface area contributed by atoms with Crippen LogP contribution in [0.5, 0.6) is 11.5 Å². The third kappa shape index (κ3) is 10.2. The lowest BCUT2D eigenvalue weighted by Crippen LogP contribution is -2.70. The van der Waals surface area contributed by atoms with Crippen LogP contribution in [0.15, 0.2) is 107 Å². The minimum atomic E-state index is -4.26. The van der Waals surface area contributed by atoms with Crippen LogP contribution in [-0.4, -0.2) is 86.0 Å². The Morgan fingerprint density at radius 2 is 1.74 bits per heavy atom. The van der Waals surface area contributed by atoms with Crippen LogP contribution in [0.4, 0.5) is 10.5 Å². The van der Waals surface area contributed by atoms with E-state index in [2.05, 4.69) is 28.4 Å². The molecule has 1 fully saturated rings. The number of ether oxygens (including phenoxy) is 3. The second kappa shape index (κ2) is 21.3. The number of hydrogen-bond donors (Lipinski definition) is 4. The maximum Gasteiger partial charge on any atom is 0.412 e. The van der Waals surface area contributed by atoms with Gasteiger partial charge in [-0.05, 0) is 97.5 Å². The van der Waals surface area contributed by atoms with Crippen molar-refractivity contribution in [3.8, 4) is 11.5 Å². The molecule has 0 spiro atoms. The normalized spacial score (nSPS) is 23.4. The van der Waals surface area contributed by atoms with Crippen molar-refractivity contribution in [3.05, 3.63) is 108 Å². The number of anilines is 1. The number of nitrogens with zero attached hydrogens (tertiary/aromatic N) is 2. The van der Waals surface area contributed by atoms with E-state index in [-0.39, 0.29) is 67.9 Å². The molecule has 0 aromatic heterocycles. The Hall–Kier alpha value is -5.06. The standard InChI is InChI=1S/C47H60N4O10S/c1-5-24-51(62(56,57)37-21-18-35(19-22-37)49-32(3)54)43-30-41(50-58-4)39-28-34(16-10-12-25-52)38(17-11-13-26-53)44-40-29-36(60-46(55)48-31-33-14-8-7-9-15-33)20-23-42(40)61-47(43,45(39)44)59-27-6-2/h6-9,14-15,18-23,28-29,34,38,43-45,52-53H,2,5,10-13,16-17,24-27,30-31H2,1,3-4H3,(H,48,55)(H,49,54). The highest BCUT2D eigenvalue weighted by molar-refractivity contribution is 7.89. The second-order valence-corrected chi connectivity index (χ2v) is 17.9. The van der Waals surface area contributed by atoms with E-state index in [1.165, 1.54) is 30.5 Å². The summed E-state index contributed by atoms with van der Waals surface area (Å²) in [6.45, 7) is 7.76. The highest BCUT2D eigenvalue weighted by Gasteiger charge is 2.66. The first-order valence-corrected chi connectivity index (χ1v) is 23.0. The van der Waals surface area contributed by atoms with Gasteiger partial charge in [0.05, 0.1) is 29.2 Å². The van der Waals surface area contributed by atoms with Gasteiger partial charge < -0.3 is 39.9 Å². The molecule has 6 unspecified atom stereocenters. The van der Waals surface area contributed by atoms with Crippen molar-refractivity contribution in [1.29, 1.82) is 0 Å². The molecule has 2 amide bonds. The van der Waals surface area contributed by atoms with Gasteiger partial charge in [0, 0.05) is 56.8 Å². The Morgan fingerprint density at radius 3 is 2.40 bits per heavy atom. The van der Waals surface area contributed by atoms with Crippen LogP contribution in [-0.2, 0) is 30.9 Å². The number of aliphatic hydroxyl groups excluding tert-OH is 2. The number of amides is 2. The molecule has 1 heterocycles. The maximum absolute atomic E-state index is 15.1. The van der Waals surface area contributed by atoms with Crippen molar-refractivity contribution in [2.45, 2.75) is 94.4 Å². The zero-order chi connectivity index (χ0) is 44.3. The summed E-state index contributed by atoms with van der Waals surface area (Å²) in [5.74, 6) is -2.27. The third-order valence-electron chi connectivity index (χ3n) is 11.9. The lowest BCUT2D eigenvalue weighted by atomic mass is 9.55. The highest BCUT2D eigenvalue weighted by Crippen LogP contribution is 2.62. The lowest BCUT2D eigenvalue weighted by Gasteiger charge is -2.59. The first-order valence-electron chi connectivity index (χ1n) is 21.5. The van der Waals surface area contributed by atoms with Crippen LogP contribution in [0, 0.1) is 17.8 Å². The highest BCUT2D eigenvalue weighted by atomic mass is 32.2. The summed E-state index contributed by atoms with van der Waals surface area (Å²) >= 11 is 0. The van der Waals surface area contributed by atoms with E-state index in [0.717, 1.165) is 29.5 Å². The van der Waals surface area contributed by atoms with E-state index in [4.69, 9.17) is 19.0 Å². The molecule has 3 aliphatic rings. The van der Waals surface area contributed by atoms with Gasteiger partial charge >= 0.3 is 6.09 Å². The second-order valence-electron chi connectivity index (χ2n) is 16.0. The summed E-state index contributed by atoms with van der Waals surface area (Å²) in [6, 6.07) is 19.9. The Labute approximate surface area is 365 Å².